The van der Waals surface area contributed by atoms with Crippen LogP contribution < -0.4 is 5.32 Å². The van der Waals surface area contributed by atoms with Crippen molar-refractivity contribution in [3.8, 4) is 0 Å². The van der Waals surface area contributed by atoms with Crippen LogP contribution in [0.2, 0.25) is 0 Å². The van der Waals surface area contributed by atoms with Gasteiger partial charge in [-0.05, 0) is 18.4 Å². The molecule has 0 spiro atoms. The van der Waals surface area contributed by atoms with E-state index < -0.39 is 0 Å². The second-order valence-corrected chi connectivity index (χ2v) is 8.03. The molecule has 1 amide bonds. The number of benzene rings is 1. The molecule has 154 valence electrons. The molecule has 2 fully saturated rings. The summed E-state index contributed by atoms with van der Waals surface area (Å²) in [6.45, 7) is 5.99. The quantitative estimate of drug-likeness (QED) is 0.772. The van der Waals surface area contributed by atoms with Crippen LogP contribution in [0.4, 0.5) is 0 Å². The standard InChI is InChI=1S/C20H26N4OS.2ClH/c25-20(24-11-8-17(14-24)23-12-9-21-10-13-23)18-15-26-19(22-18)7-6-16-4-2-1-3-5-16;;/h1-5,15,17,21H,6-14H2;2*1H. The number of halogens is 2. The predicted octanol–water partition coefficient (Wildman–Crippen LogP) is 2.89. The van der Waals surface area contributed by atoms with E-state index in [1.54, 1.807) is 11.3 Å². The van der Waals surface area contributed by atoms with Gasteiger partial charge in [-0.2, -0.15) is 0 Å². The number of nitrogens with zero attached hydrogens (tertiary/aromatic N) is 3. The Hall–Kier alpha value is -1.18. The Morgan fingerprint density at radius 2 is 1.86 bits per heavy atom. The third kappa shape index (κ3) is 5.67. The van der Waals surface area contributed by atoms with Crippen molar-refractivity contribution in [2.45, 2.75) is 25.3 Å². The average Bonchev–Trinajstić information content (AvgIpc) is 3.37. The first-order chi connectivity index (χ1) is 12.8. The fourth-order valence-electron chi connectivity index (χ4n) is 3.85. The molecule has 1 unspecified atom stereocenters. The van der Waals surface area contributed by atoms with Crippen LogP contribution in [-0.4, -0.2) is 66.0 Å². The number of rotatable bonds is 5. The molecule has 8 heteroatoms. The molecule has 3 heterocycles. The highest BCUT2D eigenvalue weighted by Crippen LogP contribution is 2.20. The van der Waals surface area contributed by atoms with E-state index in [0.29, 0.717) is 11.7 Å². The SMILES string of the molecule is Cl.Cl.O=C(c1csc(CCc2ccccc2)n1)N1CCC(N2CCNCC2)C1. The van der Waals surface area contributed by atoms with E-state index in [-0.39, 0.29) is 30.7 Å². The number of piperazine rings is 1. The van der Waals surface area contributed by atoms with Gasteiger partial charge in [-0.25, -0.2) is 4.98 Å². The topological polar surface area (TPSA) is 48.5 Å². The molecule has 0 saturated carbocycles. The molecule has 1 aromatic heterocycles. The summed E-state index contributed by atoms with van der Waals surface area (Å²) in [5, 5.41) is 6.38. The molecule has 2 aliphatic heterocycles. The number of aryl methyl sites for hydroxylation is 2. The third-order valence-electron chi connectivity index (χ3n) is 5.36. The zero-order chi connectivity index (χ0) is 17.8. The Balaban J connectivity index is 0.00000140. The van der Waals surface area contributed by atoms with Gasteiger partial charge in [-0.15, -0.1) is 36.2 Å². The van der Waals surface area contributed by atoms with E-state index in [9.17, 15) is 4.79 Å². The fraction of sp³-hybridized carbons (Fsp3) is 0.500. The molecule has 2 aliphatic rings. The van der Waals surface area contributed by atoms with E-state index in [1.165, 1.54) is 5.56 Å². The van der Waals surface area contributed by atoms with E-state index >= 15 is 0 Å². The van der Waals surface area contributed by atoms with Gasteiger partial charge in [0.25, 0.3) is 5.91 Å². The number of hydrogen-bond donors (Lipinski definition) is 1. The largest absolute Gasteiger partial charge is 0.336 e. The number of thiazole rings is 1. The van der Waals surface area contributed by atoms with Crippen molar-refractivity contribution >= 4 is 42.1 Å². The molecule has 2 aromatic rings. The molecule has 0 radical (unpaired) electrons. The fourth-order valence-corrected chi connectivity index (χ4v) is 4.63. The van der Waals surface area contributed by atoms with Crippen molar-refractivity contribution in [3.63, 3.8) is 0 Å². The van der Waals surface area contributed by atoms with Gasteiger partial charge < -0.3 is 10.2 Å². The molecule has 1 N–H and O–H groups in total. The van der Waals surface area contributed by atoms with Gasteiger partial charge in [0.15, 0.2) is 0 Å². The number of aromatic nitrogens is 1. The number of nitrogens with one attached hydrogen (secondary N) is 1. The molecule has 1 aromatic carbocycles. The molecule has 1 atom stereocenters. The van der Waals surface area contributed by atoms with Crippen LogP contribution in [0.1, 0.15) is 27.5 Å². The molecule has 4 rings (SSSR count). The predicted molar refractivity (Wildman–Crippen MR) is 119 cm³/mol. The van der Waals surface area contributed by atoms with Gasteiger partial charge in [0.2, 0.25) is 0 Å². The summed E-state index contributed by atoms with van der Waals surface area (Å²) in [4.78, 5) is 21.9. The van der Waals surface area contributed by atoms with Gasteiger partial charge in [-0.3, -0.25) is 9.69 Å². The maximum atomic E-state index is 12.8. The minimum Gasteiger partial charge on any atom is -0.336 e. The number of likely N-dealkylation sites (tertiary alicyclic amines) is 1. The van der Waals surface area contributed by atoms with Crippen molar-refractivity contribution < 1.29 is 4.79 Å². The summed E-state index contributed by atoms with van der Waals surface area (Å²) < 4.78 is 0. The third-order valence-corrected chi connectivity index (χ3v) is 6.27. The van der Waals surface area contributed by atoms with Crippen LogP contribution in [0.15, 0.2) is 35.7 Å². The first-order valence-electron chi connectivity index (χ1n) is 9.52. The van der Waals surface area contributed by atoms with Crippen LogP contribution in [-0.2, 0) is 12.8 Å². The van der Waals surface area contributed by atoms with Gasteiger partial charge in [0.05, 0.1) is 5.01 Å². The van der Waals surface area contributed by atoms with Gasteiger partial charge in [-0.1, -0.05) is 30.3 Å². The van der Waals surface area contributed by atoms with Gasteiger partial charge in [0.1, 0.15) is 5.69 Å². The lowest BCUT2D eigenvalue weighted by Gasteiger charge is -2.32. The van der Waals surface area contributed by atoms with Crippen molar-refractivity contribution in [3.05, 3.63) is 52.0 Å². The smallest absolute Gasteiger partial charge is 0.273 e. The van der Waals surface area contributed by atoms with Crippen LogP contribution >= 0.6 is 36.2 Å². The highest BCUT2D eigenvalue weighted by molar-refractivity contribution is 7.09. The first-order valence-corrected chi connectivity index (χ1v) is 10.4. The van der Waals surface area contributed by atoms with E-state index in [0.717, 1.165) is 63.5 Å². The normalized spacial score (nSPS) is 19.7. The Morgan fingerprint density at radius 1 is 1.11 bits per heavy atom. The highest BCUT2D eigenvalue weighted by atomic mass is 35.5. The average molecular weight is 443 g/mol. The molecule has 0 bridgehead atoms. The van der Waals surface area contributed by atoms with Crippen molar-refractivity contribution in [1.82, 2.24) is 20.1 Å². The van der Waals surface area contributed by atoms with Crippen LogP contribution in [0.25, 0.3) is 0 Å². The van der Waals surface area contributed by atoms with Gasteiger partial charge in [0, 0.05) is 57.1 Å². The lowest BCUT2D eigenvalue weighted by Crippen LogP contribution is -2.49. The van der Waals surface area contributed by atoms with E-state index in [2.05, 4.69) is 39.5 Å². The highest BCUT2D eigenvalue weighted by Gasteiger charge is 2.32. The summed E-state index contributed by atoms with van der Waals surface area (Å²) >= 11 is 1.61. The van der Waals surface area contributed by atoms with Crippen molar-refractivity contribution in [2.24, 2.45) is 0 Å². The van der Waals surface area contributed by atoms with Gasteiger partial charge >= 0.3 is 0 Å². The molecular formula is C20H28Cl2N4OS. The van der Waals surface area contributed by atoms with E-state index in [1.807, 2.05) is 16.3 Å². The Labute approximate surface area is 183 Å². The van der Waals surface area contributed by atoms with E-state index in [4.69, 9.17) is 0 Å². The summed E-state index contributed by atoms with van der Waals surface area (Å²) in [7, 11) is 0. The maximum absolute atomic E-state index is 12.8. The van der Waals surface area contributed by atoms with Crippen LogP contribution in [0, 0.1) is 0 Å². The monoisotopic (exact) mass is 442 g/mol. The summed E-state index contributed by atoms with van der Waals surface area (Å²) in [6.07, 6.45) is 2.94. The van der Waals surface area contributed by atoms with Crippen molar-refractivity contribution in [2.75, 3.05) is 39.3 Å². The molecular weight excluding hydrogens is 415 g/mol. The first kappa shape index (κ1) is 23.1. The number of carbonyl (C=O) groups is 1. The van der Waals surface area contributed by atoms with Crippen LogP contribution in [0.5, 0.6) is 0 Å². The summed E-state index contributed by atoms with van der Waals surface area (Å²) in [5.74, 6) is 0.102. The summed E-state index contributed by atoms with van der Waals surface area (Å²) in [5.41, 5.74) is 1.94. The Bertz CT molecular complexity index is 737. The minimum absolute atomic E-state index is 0. The van der Waals surface area contributed by atoms with Crippen molar-refractivity contribution in [1.29, 1.82) is 0 Å². The zero-order valence-electron chi connectivity index (χ0n) is 15.9. The molecule has 28 heavy (non-hydrogen) atoms. The van der Waals surface area contributed by atoms with Crippen LogP contribution in [0.3, 0.4) is 0 Å². The molecule has 5 nitrogen and oxygen atoms in total. The lowest BCUT2D eigenvalue weighted by molar-refractivity contribution is 0.0768. The maximum Gasteiger partial charge on any atom is 0.273 e. The second kappa shape index (κ2) is 11.1. The number of amides is 1. The molecule has 2 saturated heterocycles. The Kier molecular flexibility index (Phi) is 9.18. The zero-order valence-corrected chi connectivity index (χ0v) is 18.3. The second-order valence-electron chi connectivity index (χ2n) is 7.09. The number of hydrogen-bond acceptors (Lipinski definition) is 5. The minimum atomic E-state index is 0. The summed E-state index contributed by atoms with van der Waals surface area (Å²) in [6, 6.07) is 11.0. The number of carbonyl (C=O) groups excluding carboxylic acids is 1. The lowest BCUT2D eigenvalue weighted by atomic mass is 10.1. The Morgan fingerprint density at radius 3 is 2.61 bits per heavy atom. The molecule has 0 aliphatic carbocycles.